The van der Waals surface area contributed by atoms with E-state index >= 15 is 0 Å². The van der Waals surface area contributed by atoms with Crippen molar-refractivity contribution in [3.8, 4) is 0 Å². The van der Waals surface area contributed by atoms with Crippen LogP contribution in [0.25, 0.3) is 0 Å². The Hall–Kier alpha value is -1.10. The van der Waals surface area contributed by atoms with E-state index in [0.717, 1.165) is 0 Å². The average molecular weight is 217 g/mol. The molecule has 0 heterocycles. The number of rotatable bonds is 4. The molecular weight excluding hydrogens is 198 g/mol. The highest BCUT2D eigenvalue weighted by Crippen LogP contribution is 2.06. The van der Waals surface area contributed by atoms with E-state index in [9.17, 15) is 9.59 Å². The van der Waals surface area contributed by atoms with Crippen LogP contribution in [-0.2, 0) is 19.1 Å². The van der Waals surface area contributed by atoms with Crippen molar-refractivity contribution >= 4 is 11.9 Å². The second-order valence-corrected chi connectivity index (χ2v) is 4.23. The number of hydrogen-bond donors (Lipinski definition) is 0. The van der Waals surface area contributed by atoms with Gasteiger partial charge in [0.1, 0.15) is 13.2 Å². The van der Waals surface area contributed by atoms with Gasteiger partial charge in [-0.15, -0.1) is 0 Å². The van der Waals surface area contributed by atoms with E-state index < -0.39 is 5.97 Å². The molecule has 0 unspecified atom stereocenters. The van der Waals surface area contributed by atoms with Gasteiger partial charge in [-0.25, -0.2) is 0 Å². The summed E-state index contributed by atoms with van der Waals surface area (Å²) in [6.45, 7) is 5.50. The normalized spacial score (nSPS) is 11.0. The molecule has 5 heteroatoms. The van der Waals surface area contributed by atoms with Gasteiger partial charge in [0.15, 0.2) is 0 Å². The maximum Gasteiger partial charge on any atom is 0.325 e. The van der Waals surface area contributed by atoms with Crippen molar-refractivity contribution in [2.24, 2.45) is 0 Å². The summed E-state index contributed by atoms with van der Waals surface area (Å²) in [6, 6.07) is 0. The molecule has 0 aromatic heterocycles. The lowest BCUT2D eigenvalue weighted by atomic mass is 10.2. The Balaban J connectivity index is 3.95. The fraction of sp³-hybridized carbons (Fsp3) is 0.800. The van der Waals surface area contributed by atoms with Crippen LogP contribution in [0, 0.1) is 0 Å². The lowest BCUT2D eigenvalue weighted by Crippen LogP contribution is -2.37. The van der Waals surface area contributed by atoms with Crippen LogP contribution in [0.5, 0.6) is 0 Å². The maximum absolute atomic E-state index is 11.4. The van der Waals surface area contributed by atoms with Crippen molar-refractivity contribution in [2.75, 3.05) is 27.3 Å². The first-order valence-corrected chi connectivity index (χ1v) is 4.71. The number of carbonyl (C=O) groups excluding carboxylic acids is 2. The largest absolute Gasteiger partial charge is 0.468 e. The van der Waals surface area contributed by atoms with Gasteiger partial charge >= 0.3 is 5.97 Å². The van der Waals surface area contributed by atoms with Crippen LogP contribution in [0.1, 0.15) is 20.8 Å². The van der Waals surface area contributed by atoms with Crippen LogP contribution in [-0.4, -0.2) is 49.7 Å². The molecule has 15 heavy (non-hydrogen) atoms. The first-order valence-electron chi connectivity index (χ1n) is 4.71. The van der Waals surface area contributed by atoms with Crippen LogP contribution in [0.3, 0.4) is 0 Å². The SMILES string of the molecule is COC(=O)CN(C)C(=O)COC(C)(C)C. The molecule has 0 aromatic rings. The summed E-state index contributed by atoms with van der Waals surface area (Å²) in [4.78, 5) is 23.6. The molecule has 88 valence electrons. The van der Waals surface area contributed by atoms with Crippen molar-refractivity contribution in [3.05, 3.63) is 0 Å². The molecule has 0 saturated carbocycles. The highest BCUT2D eigenvalue weighted by atomic mass is 16.5. The Morgan fingerprint density at radius 2 is 1.80 bits per heavy atom. The van der Waals surface area contributed by atoms with Crippen LogP contribution in [0.2, 0.25) is 0 Å². The van der Waals surface area contributed by atoms with Crippen molar-refractivity contribution in [1.29, 1.82) is 0 Å². The first kappa shape index (κ1) is 13.9. The summed E-state index contributed by atoms with van der Waals surface area (Å²) in [5.41, 5.74) is -0.359. The lowest BCUT2D eigenvalue weighted by molar-refractivity contribution is -0.149. The highest BCUT2D eigenvalue weighted by molar-refractivity contribution is 5.82. The molecule has 0 aliphatic rings. The van der Waals surface area contributed by atoms with Gasteiger partial charge in [-0.05, 0) is 20.8 Å². The zero-order valence-electron chi connectivity index (χ0n) is 9.99. The van der Waals surface area contributed by atoms with Gasteiger partial charge in [0.05, 0.1) is 12.7 Å². The summed E-state index contributed by atoms with van der Waals surface area (Å²) >= 11 is 0. The van der Waals surface area contributed by atoms with Gasteiger partial charge in [-0.1, -0.05) is 0 Å². The Morgan fingerprint density at radius 3 is 2.20 bits per heavy atom. The number of esters is 1. The van der Waals surface area contributed by atoms with Crippen molar-refractivity contribution in [2.45, 2.75) is 26.4 Å². The topological polar surface area (TPSA) is 55.8 Å². The van der Waals surface area contributed by atoms with Gasteiger partial charge in [-0.3, -0.25) is 9.59 Å². The second kappa shape index (κ2) is 5.70. The molecule has 0 bridgehead atoms. The summed E-state index contributed by atoms with van der Waals surface area (Å²) in [5.74, 6) is -0.683. The fourth-order valence-electron chi connectivity index (χ4n) is 0.735. The van der Waals surface area contributed by atoms with Gasteiger partial charge < -0.3 is 14.4 Å². The van der Waals surface area contributed by atoms with Crippen molar-refractivity contribution in [3.63, 3.8) is 0 Å². The monoisotopic (exact) mass is 217 g/mol. The average Bonchev–Trinajstić information content (AvgIpc) is 2.12. The minimum Gasteiger partial charge on any atom is -0.468 e. The number of nitrogens with zero attached hydrogens (tertiary/aromatic N) is 1. The lowest BCUT2D eigenvalue weighted by Gasteiger charge is -2.21. The highest BCUT2D eigenvalue weighted by Gasteiger charge is 2.17. The number of carbonyl (C=O) groups is 2. The molecule has 0 atom stereocenters. The molecule has 0 aromatic carbocycles. The number of ether oxygens (including phenoxy) is 2. The molecular formula is C10H19NO4. The minimum absolute atomic E-state index is 0.0308. The minimum atomic E-state index is -0.443. The van der Waals surface area contributed by atoms with Crippen LogP contribution < -0.4 is 0 Å². The third kappa shape index (κ3) is 6.90. The quantitative estimate of drug-likeness (QED) is 0.641. The molecule has 0 spiro atoms. The summed E-state index contributed by atoms with van der Waals surface area (Å²) in [5, 5.41) is 0. The Kier molecular flexibility index (Phi) is 5.28. The molecule has 5 nitrogen and oxygen atoms in total. The predicted molar refractivity (Wildman–Crippen MR) is 55.4 cm³/mol. The van der Waals surface area contributed by atoms with Crippen LogP contribution in [0.4, 0.5) is 0 Å². The summed E-state index contributed by atoms with van der Waals surface area (Å²) < 4.78 is 9.73. The Labute approximate surface area is 90.3 Å². The summed E-state index contributed by atoms with van der Waals surface area (Å²) in [6.07, 6.45) is 0. The Morgan fingerprint density at radius 1 is 1.27 bits per heavy atom. The van der Waals surface area contributed by atoms with Crippen LogP contribution >= 0.6 is 0 Å². The molecule has 0 rings (SSSR count). The molecule has 0 saturated heterocycles. The number of likely N-dealkylation sites (N-methyl/N-ethyl adjacent to an activating group) is 1. The number of methoxy groups -OCH3 is 1. The van der Waals surface area contributed by atoms with Gasteiger partial charge in [0.2, 0.25) is 5.91 Å². The third-order valence-corrected chi connectivity index (χ3v) is 1.65. The second-order valence-electron chi connectivity index (χ2n) is 4.23. The Bertz CT molecular complexity index is 232. The van der Waals surface area contributed by atoms with Crippen molar-refractivity contribution < 1.29 is 19.1 Å². The zero-order chi connectivity index (χ0) is 12.1. The smallest absolute Gasteiger partial charge is 0.325 e. The van der Waals surface area contributed by atoms with E-state index in [0.29, 0.717) is 0 Å². The molecule has 0 aliphatic heterocycles. The standard InChI is InChI=1S/C10H19NO4/c1-10(2,3)15-7-8(12)11(4)6-9(13)14-5/h6-7H2,1-5H3. The van der Waals surface area contributed by atoms with E-state index in [1.165, 1.54) is 19.1 Å². The van der Waals surface area contributed by atoms with Crippen LogP contribution in [0.15, 0.2) is 0 Å². The number of hydrogen-bond acceptors (Lipinski definition) is 4. The first-order chi connectivity index (χ1) is 6.76. The van der Waals surface area contributed by atoms with Gasteiger partial charge in [0.25, 0.3) is 0 Å². The maximum atomic E-state index is 11.4. The molecule has 0 aliphatic carbocycles. The summed E-state index contributed by atoms with van der Waals surface area (Å²) in [7, 11) is 2.82. The molecule has 0 N–H and O–H groups in total. The van der Waals surface area contributed by atoms with E-state index in [1.807, 2.05) is 20.8 Å². The van der Waals surface area contributed by atoms with Gasteiger partial charge in [-0.2, -0.15) is 0 Å². The molecule has 0 radical (unpaired) electrons. The third-order valence-electron chi connectivity index (χ3n) is 1.65. The van der Waals surface area contributed by atoms with Gasteiger partial charge in [0, 0.05) is 7.05 Å². The van der Waals surface area contributed by atoms with Crippen molar-refractivity contribution in [1.82, 2.24) is 4.90 Å². The number of amides is 1. The molecule has 0 fully saturated rings. The molecule has 1 amide bonds. The zero-order valence-corrected chi connectivity index (χ0v) is 9.99. The fourth-order valence-corrected chi connectivity index (χ4v) is 0.735. The van der Waals surface area contributed by atoms with E-state index in [-0.39, 0.29) is 24.7 Å². The van der Waals surface area contributed by atoms with E-state index in [2.05, 4.69) is 4.74 Å². The van der Waals surface area contributed by atoms with E-state index in [1.54, 1.807) is 0 Å². The predicted octanol–water partition coefficient (Wildman–Crippen LogP) is 0.433. The van der Waals surface area contributed by atoms with E-state index in [4.69, 9.17) is 4.74 Å².